The molecule has 0 bridgehead atoms. The highest BCUT2D eigenvalue weighted by Crippen LogP contribution is 2.24. The Hall–Kier alpha value is -2.11. The van der Waals surface area contributed by atoms with Crippen molar-refractivity contribution in [3.8, 4) is 0 Å². The van der Waals surface area contributed by atoms with Crippen LogP contribution in [-0.4, -0.2) is 10.9 Å². The van der Waals surface area contributed by atoms with Gasteiger partial charge in [0.15, 0.2) is 0 Å². The lowest BCUT2D eigenvalue weighted by Crippen LogP contribution is -2.17. The number of carbonyl (C=O) groups is 1. The second-order valence-electron chi connectivity index (χ2n) is 4.00. The van der Waals surface area contributed by atoms with E-state index in [0.717, 1.165) is 5.56 Å². The van der Waals surface area contributed by atoms with Crippen molar-refractivity contribution in [2.24, 2.45) is 5.84 Å². The molecule has 0 atom stereocenters. The van der Waals surface area contributed by atoms with Crippen molar-refractivity contribution in [3.63, 3.8) is 0 Å². The van der Waals surface area contributed by atoms with Gasteiger partial charge >= 0.3 is 0 Å². The van der Waals surface area contributed by atoms with E-state index in [1.54, 1.807) is 24.4 Å². The molecular weight excluding hydrogens is 264 g/mol. The van der Waals surface area contributed by atoms with Gasteiger partial charge in [-0.3, -0.25) is 15.6 Å². The summed E-state index contributed by atoms with van der Waals surface area (Å²) in [7, 11) is 0. The topological polar surface area (TPSA) is 80.0 Å². The maximum atomic E-state index is 12.1. The molecule has 0 spiro atoms. The lowest BCUT2D eigenvalue weighted by Gasteiger charge is -2.10. The maximum absolute atomic E-state index is 12.1. The van der Waals surface area contributed by atoms with Crippen molar-refractivity contribution in [1.82, 2.24) is 4.98 Å². The number of nitrogens with zero attached hydrogens (tertiary/aromatic N) is 1. The van der Waals surface area contributed by atoms with Gasteiger partial charge < -0.3 is 10.7 Å². The molecule has 0 saturated heterocycles. The Kier molecular flexibility index (Phi) is 3.99. The van der Waals surface area contributed by atoms with Gasteiger partial charge in [0.2, 0.25) is 0 Å². The summed E-state index contributed by atoms with van der Waals surface area (Å²) < 4.78 is 0. The zero-order valence-corrected chi connectivity index (χ0v) is 11.0. The number of anilines is 2. The van der Waals surface area contributed by atoms with E-state index in [-0.39, 0.29) is 5.91 Å². The fourth-order valence-electron chi connectivity index (χ4n) is 1.61. The van der Waals surface area contributed by atoms with E-state index in [2.05, 4.69) is 15.7 Å². The molecule has 98 valence electrons. The molecule has 0 aliphatic carbocycles. The van der Waals surface area contributed by atoms with Gasteiger partial charge in [0.1, 0.15) is 0 Å². The summed E-state index contributed by atoms with van der Waals surface area (Å²) in [6.07, 6.45) is 2.98. The molecule has 1 aromatic carbocycles. The quantitative estimate of drug-likeness (QED) is 0.595. The van der Waals surface area contributed by atoms with E-state index in [1.165, 1.54) is 6.20 Å². The Morgan fingerprint density at radius 1 is 1.32 bits per heavy atom. The van der Waals surface area contributed by atoms with E-state index in [9.17, 15) is 4.79 Å². The molecule has 4 N–H and O–H groups in total. The summed E-state index contributed by atoms with van der Waals surface area (Å²) in [4.78, 5) is 16.0. The van der Waals surface area contributed by atoms with Crippen LogP contribution in [0.4, 0.5) is 11.4 Å². The fraction of sp³-hybridized carbons (Fsp3) is 0.0769. The van der Waals surface area contributed by atoms with Gasteiger partial charge in [-0.25, -0.2) is 0 Å². The number of benzene rings is 1. The average molecular weight is 277 g/mol. The largest absolute Gasteiger partial charge is 0.323 e. The summed E-state index contributed by atoms with van der Waals surface area (Å²) in [5.41, 5.74) is 4.86. The number of halogens is 1. The first-order valence-corrected chi connectivity index (χ1v) is 5.97. The molecule has 0 fully saturated rings. The normalized spacial score (nSPS) is 10.1. The molecule has 0 aliphatic rings. The first kappa shape index (κ1) is 13.3. The molecule has 5 nitrogen and oxygen atoms in total. The van der Waals surface area contributed by atoms with E-state index in [1.807, 2.05) is 13.0 Å². The van der Waals surface area contributed by atoms with Gasteiger partial charge in [-0.1, -0.05) is 17.7 Å². The minimum atomic E-state index is -0.327. The van der Waals surface area contributed by atoms with Gasteiger partial charge in [-0.15, -0.1) is 0 Å². The number of amides is 1. The second-order valence-corrected chi connectivity index (χ2v) is 4.41. The number of aryl methyl sites for hydroxylation is 1. The Balaban J connectivity index is 2.26. The molecule has 0 radical (unpaired) electrons. The van der Waals surface area contributed by atoms with Crippen molar-refractivity contribution < 1.29 is 4.79 Å². The third-order valence-electron chi connectivity index (χ3n) is 2.59. The van der Waals surface area contributed by atoms with Crippen LogP contribution in [0.25, 0.3) is 0 Å². The number of rotatable bonds is 3. The number of nitrogen functional groups attached to an aromatic ring is 1. The minimum Gasteiger partial charge on any atom is -0.323 e. The number of hydrogen-bond acceptors (Lipinski definition) is 4. The molecule has 6 heteroatoms. The van der Waals surface area contributed by atoms with Crippen LogP contribution in [0.2, 0.25) is 5.02 Å². The molecule has 1 amide bonds. The van der Waals surface area contributed by atoms with Crippen LogP contribution >= 0.6 is 11.6 Å². The van der Waals surface area contributed by atoms with E-state index in [4.69, 9.17) is 17.4 Å². The Bertz CT molecular complexity index is 615. The maximum Gasteiger partial charge on any atom is 0.259 e. The number of hydrogen-bond donors (Lipinski definition) is 3. The van der Waals surface area contributed by atoms with Crippen LogP contribution < -0.4 is 16.6 Å². The Labute approximate surface area is 115 Å². The SMILES string of the molecule is Cc1ccc(NC(=O)c2cnccc2NN)c(Cl)c1. The van der Waals surface area contributed by atoms with Crippen molar-refractivity contribution in [1.29, 1.82) is 0 Å². The van der Waals surface area contributed by atoms with Crippen LogP contribution in [0, 0.1) is 6.92 Å². The first-order chi connectivity index (χ1) is 9.11. The van der Waals surface area contributed by atoms with E-state index >= 15 is 0 Å². The number of nitrogens with one attached hydrogen (secondary N) is 2. The van der Waals surface area contributed by atoms with E-state index in [0.29, 0.717) is 22.0 Å². The van der Waals surface area contributed by atoms with Gasteiger partial charge in [0.25, 0.3) is 5.91 Å². The van der Waals surface area contributed by atoms with Crippen molar-refractivity contribution in [3.05, 3.63) is 52.8 Å². The highest BCUT2D eigenvalue weighted by molar-refractivity contribution is 6.34. The second kappa shape index (κ2) is 5.69. The molecule has 19 heavy (non-hydrogen) atoms. The van der Waals surface area contributed by atoms with E-state index < -0.39 is 0 Å². The van der Waals surface area contributed by atoms with Gasteiger partial charge in [0.05, 0.1) is 22.0 Å². The van der Waals surface area contributed by atoms with Gasteiger partial charge in [-0.2, -0.15) is 0 Å². The van der Waals surface area contributed by atoms with Crippen LogP contribution in [0.3, 0.4) is 0 Å². The Morgan fingerprint density at radius 3 is 2.79 bits per heavy atom. The number of pyridine rings is 1. The molecule has 1 aromatic heterocycles. The van der Waals surface area contributed by atoms with Crippen LogP contribution in [-0.2, 0) is 0 Å². The lowest BCUT2D eigenvalue weighted by molar-refractivity contribution is 0.102. The number of aromatic nitrogens is 1. The first-order valence-electron chi connectivity index (χ1n) is 5.60. The molecule has 1 heterocycles. The summed E-state index contributed by atoms with van der Waals surface area (Å²) >= 11 is 6.06. The van der Waals surface area contributed by atoms with Crippen LogP contribution in [0.5, 0.6) is 0 Å². The summed E-state index contributed by atoms with van der Waals surface area (Å²) in [5.74, 6) is 5.02. The highest BCUT2D eigenvalue weighted by Gasteiger charge is 2.12. The van der Waals surface area contributed by atoms with Crippen LogP contribution in [0.1, 0.15) is 15.9 Å². The number of nitrogens with two attached hydrogens (primary N) is 1. The van der Waals surface area contributed by atoms with Gasteiger partial charge in [-0.05, 0) is 30.7 Å². The third kappa shape index (κ3) is 3.01. The summed E-state index contributed by atoms with van der Waals surface area (Å²) in [6.45, 7) is 1.93. The minimum absolute atomic E-state index is 0.327. The molecular formula is C13H13ClN4O. The summed E-state index contributed by atoms with van der Waals surface area (Å²) in [5, 5.41) is 3.21. The van der Waals surface area contributed by atoms with Crippen molar-refractivity contribution in [2.45, 2.75) is 6.92 Å². The molecule has 0 unspecified atom stereocenters. The van der Waals surface area contributed by atoms with Gasteiger partial charge in [0, 0.05) is 12.4 Å². The zero-order valence-electron chi connectivity index (χ0n) is 10.3. The third-order valence-corrected chi connectivity index (χ3v) is 2.91. The molecule has 0 saturated carbocycles. The fourth-order valence-corrected chi connectivity index (χ4v) is 1.89. The highest BCUT2D eigenvalue weighted by atomic mass is 35.5. The number of hydrazine groups is 1. The molecule has 2 aromatic rings. The predicted octanol–water partition coefficient (Wildman–Crippen LogP) is 2.58. The summed E-state index contributed by atoms with van der Waals surface area (Å²) in [6, 6.07) is 7.02. The predicted molar refractivity (Wildman–Crippen MR) is 76.2 cm³/mol. The van der Waals surface area contributed by atoms with Crippen LogP contribution in [0.15, 0.2) is 36.7 Å². The average Bonchev–Trinajstić information content (AvgIpc) is 2.41. The molecule has 2 rings (SSSR count). The standard InChI is InChI=1S/C13H13ClN4O/c1-8-2-3-12(10(14)6-8)17-13(19)9-7-16-5-4-11(9)18-15/h2-7H,15H2,1H3,(H,16,18)(H,17,19). The smallest absolute Gasteiger partial charge is 0.259 e. The lowest BCUT2D eigenvalue weighted by atomic mass is 10.2. The zero-order chi connectivity index (χ0) is 13.8. The van der Waals surface area contributed by atoms with Crippen molar-refractivity contribution >= 4 is 28.9 Å². The Morgan fingerprint density at radius 2 is 2.11 bits per heavy atom. The number of carbonyl (C=O) groups excluding carboxylic acids is 1. The molecule has 0 aliphatic heterocycles. The van der Waals surface area contributed by atoms with Crippen molar-refractivity contribution in [2.75, 3.05) is 10.7 Å². The monoisotopic (exact) mass is 276 g/mol.